The maximum absolute atomic E-state index is 12.2. The summed E-state index contributed by atoms with van der Waals surface area (Å²) in [6, 6.07) is 3.06. The van der Waals surface area contributed by atoms with Crippen LogP contribution in [-0.2, 0) is 10.0 Å². The van der Waals surface area contributed by atoms with Crippen molar-refractivity contribution < 1.29 is 8.42 Å². The van der Waals surface area contributed by atoms with Gasteiger partial charge in [0.25, 0.3) is 0 Å². The first-order valence-corrected chi connectivity index (χ1v) is 6.97. The predicted octanol–water partition coefficient (Wildman–Crippen LogP) is 1.91. The molecule has 0 N–H and O–H groups in total. The molecule has 0 bridgehead atoms. The van der Waals surface area contributed by atoms with Gasteiger partial charge in [0.15, 0.2) is 0 Å². The standard InChI is InChI=1S/C10H13ClN2O2S/c1-8-3-2-6-13(8)16(14,15)9-4-5-10(11)12-7-9/h4-5,7-8H,2-3,6H2,1H3. The first-order chi connectivity index (χ1) is 7.51. The number of hydrogen-bond acceptors (Lipinski definition) is 3. The minimum atomic E-state index is -3.39. The summed E-state index contributed by atoms with van der Waals surface area (Å²) in [5.74, 6) is 0. The van der Waals surface area contributed by atoms with Crippen molar-refractivity contribution in [2.45, 2.75) is 30.7 Å². The molecule has 1 fully saturated rings. The van der Waals surface area contributed by atoms with E-state index < -0.39 is 10.0 Å². The van der Waals surface area contributed by atoms with E-state index in [4.69, 9.17) is 11.6 Å². The van der Waals surface area contributed by atoms with Crippen LogP contribution in [0.5, 0.6) is 0 Å². The normalized spacial score (nSPS) is 22.5. The van der Waals surface area contributed by atoms with Gasteiger partial charge in [0.1, 0.15) is 10.0 Å². The van der Waals surface area contributed by atoms with Gasteiger partial charge in [0.2, 0.25) is 10.0 Å². The Morgan fingerprint density at radius 2 is 2.25 bits per heavy atom. The average molecular weight is 261 g/mol. The lowest BCUT2D eigenvalue weighted by Crippen LogP contribution is -2.33. The van der Waals surface area contributed by atoms with Crippen molar-refractivity contribution in [1.29, 1.82) is 0 Å². The predicted molar refractivity (Wildman–Crippen MR) is 61.8 cm³/mol. The van der Waals surface area contributed by atoms with Crippen LogP contribution < -0.4 is 0 Å². The molecule has 0 amide bonds. The maximum atomic E-state index is 12.2. The van der Waals surface area contributed by atoms with Gasteiger partial charge >= 0.3 is 0 Å². The molecule has 88 valence electrons. The van der Waals surface area contributed by atoms with E-state index in [9.17, 15) is 8.42 Å². The first-order valence-electron chi connectivity index (χ1n) is 5.15. The summed E-state index contributed by atoms with van der Waals surface area (Å²) in [5.41, 5.74) is 0. The van der Waals surface area contributed by atoms with Crippen molar-refractivity contribution in [3.05, 3.63) is 23.5 Å². The quantitative estimate of drug-likeness (QED) is 0.764. The van der Waals surface area contributed by atoms with Crippen LogP contribution >= 0.6 is 11.6 Å². The molecule has 1 saturated heterocycles. The molecular formula is C10H13ClN2O2S. The van der Waals surface area contributed by atoms with Crippen molar-refractivity contribution >= 4 is 21.6 Å². The van der Waals surface area contributed by atoms with Crippen molar-refractivity contribution in [3.8, 4) is 0 Å². The van der Waals surface area contributed by atoms with Gasteiger partial charge in [-0.1, -0.05) is 11.6 Å². The summed E-state index contributed by atoms with van der Waals surface area (Å²) in [7, 11) is -3.39. The maximum Gasteiger partial charge on any atom is 0.244 e. The number of nitrogens with zero attached hydrogens (tertiary/aromatic N) is 2. The Balaban J connectivity index is 2.35. The molecule has 0 aliphatic carbocycles. The molecule has 1 aromatic rings. The minimum absolute atomic E-state index is 0.0701. The molecule has 1 aliphatic rings. The number of halogens is 1. The van der Waals surface area contributed by atoms with Crippen LogP contribution in [0.3, 0.4) is 0 Å². The lowest BCUT2D eigenvalue weighted by Gasteiger charge is -2.20. The number of hydrogen-bond donors (Lipinski definition) is 0. The molecule has 0 radical (unpaired) electrons. The topological polar surface area (TPSA) is 50.3 Å². The van der Waals surface area contributed by atoms with E-state index in [0.29, 0.717) is 11.7 Å². The van der Waals surface area contributed by atoms with Crippen LogP contribution in [0.4, 0.5) is 0 Å². The zero-order valence-electron chi connectivity index (χ0n) is 8.93. The van der Waals surface area contributed by atoms with Crippen LogP contribution in [0.1, 0.15) is 19.8 Å². The van der Waals surface area contributed by atoms with Gasteiger partial charge in [-0.05, 0) is 31.9 Å². The Morgan fingerprint density at radius 3 is 2.75 bits per heavy atom. The van der Waals surface area contributed by atoms with Gasteiger partial charge in [-0.15, -0.1) is 0 Å². The van der Waals surface area contributed by atoms with E-state index in [1.165, 1.54) is 22.6 Å². The summed E-state index contributed by atoms with van der Waals surface area (Å²) >= 11 is 5.63. The van der Waals surface area contributed by atoms with Crippen LogP contribution in [0, 0.1) is 0 Å². The van der Waals surface area contributed by atoms with Crippen LogP contribution in [-0.4, -0.2) is 30.3 Å². The largest absolute Gasteiger partial charge is 0.244 e. The summed E-state index contributed by atoms with van der Waals surface area (Å²) in [4.78, 5) is 4.02. The number of aromatic nitrogens is 1. The average Bonchev–Trinajstić information content (AvgIpc) is 2.66. The molecule has 0 spiro atoms. The Bertz CT molecular complexity index is 472. The second kappa shape index (κ2) is 4.31. The molecule has 1 aliphatic heterocycles. The van der Waals surface area contributed by atoms with Gasteiger partial charge in [-0.25, -0.2) is 13.4 Å². The third kappa shape index (κ3) is 2.07. The van der Waals surface area contributed by atoms with Crippen molar-refractivity contribution in [2.24, 2.45) is 0 Å². The van der Waals surface area contributed by atoms with Crippen LogP contribution in [0.15, 0.2) is 23.2 Å². The second-order valence-corrected chi connectivity index (χ2v) is 6.20. The Hall–Kier alpha value is -0.650. The third-order valence-electron chi connectivity index (χ3n) is 2.80. The highest BCUT2D eigenvalue weighted by Gasteiger charge is 2.32. The Kier molecular flexibility index (Phi) is 3.19. The SMILES string of the molecule is CC1CCCN1S(=O)(=O)c1ccc(Cl)nc1. The molecular weight excluding hydrogens is 248 g/mol. The smallest absolute Gasteiger partial charge is 0.243 e. The van der Waals surface area contributed by atoms with E-state index in [2.05, 4.69) is 4.98 Å². The second-order valence-electron chi connectivity index (χ2n) is 3.92. The van der Waals surface area contributed by atoms with E-state index >= 15 is 0 Å². The molecule has 16 heavy (non-hydrogen) atoms. The highest BCUT2D eigenvalue weighted by Crippen LogP contribution is 2.25. The van der Waals surface area contributed by atoms with E-state index in [-0.39, 0.29) is 10.9 Å². The molecule has 2 heterocycles. The van der Waals surface area contributed by atoms with Crippen molar-refractivity contribution in [3.63, 3.8) is 0 Å². The molecule has 6 heteroatoms. The fourth-order valence-corrected chi connectivity index (χ4v) is 3.67. The van der Waals surface area contributed by atoms with E-state index in [1.807, 2.05) is 6.92 Å². The molecule has 4 nitrogen and oxygen atoms in total. The van der Waals surface area contributed by atoms with Crippen molar-refractivity contribution in [1.82, 2.24) is 9.29 Å². The monoisotopic (exact) mass is 260 g/mol. The molecule has 0 saturated carbocycles. The van der Waals surface area contributed by atoms with E-state index in [0.717, 1.165) is 12.8 Å². The molecule has 1 aromatic heterocycles. The number of sulfonamides is 1. The molecule has 1 atom stereocenters. The summed E-state index contributed by atoms with van der Waals surface area (Å²) in [6.07, 6.45) is 3.14. The van der Waals surface area contributed by atoms with Crippen LogP contribution in [0.25, 0.3) is 0 Å². The van der Waals surface area contributed by atoms with Gasteiger partial charge in [0.05, 0.1) is 0 Å². The zero-order valence-corrected chi connectivity index (χ0v) is 10.5. The van der Waals surface area contributed by atoms with Crippen molar-refractivity contribution in [2.75, 3.05) is 6.54 Å². The van der Waals surface area contributed by atoms with Gasteiger partial charge in [-0.3, -0.25) is 0 Å². The third-order valence-corrected chi connectivity index (χ3v) is 5.02. The highest BCUT2D eigenvalue weighted by atomic mass is 35.5. The van der Waals surface area contributed by atoms with Gasteiger partial charge in [-0.2, -0.15) is 4.31 Å². The fourth-order valence-electron chi connectivity index (χ4n) is 1.91. The zero-order chi connectivity index (χ0) is 11.8. The molecule has 1 unspecified atom stereocenters. The summed E-state index contributed by atoms with van der Waals surface area (Å²) in [6.45, 7) is 2.51. The Morgan fingerprint density at radius 1 is 1.50 bits per heavy atom. The van der Waals surface area contributed by atoms with Crippen LogP contribution in [0.2, 0.25) is 5.15 Å². The van der Waals surface area contributed by atoms with E-state index in [1.54, 1.807) is 0 Å². The lowest BCUT2D eigenvalue weighted by atomic mass is 10.3. The first kappa shape index (κ1) is 11.8. The summed E-state index contributed by atoms with van der Waals surface area (Å²) < 4.78 is 25.9. The highest BCUT2D eigenvalue weighted by molar-refractivity contribution is 7.89. The number of rotatable bonds is 2. The van der Waals surface area contributed by atoms with Gasteiger partial charge < -0.3 is 0 Å². The fraction of sp³-hybridized carbons (Fsp3) is 0.500. The number of pyridine rings is 1. The molecule has 0 aromatic carbocycles. The minimum Gasteiger partial charge on any atom is -0.243 e. The summed E-state index contributed by atoms with van der Waals surface area (Å²) in [5, 5.41) is 0.299. The Labute approximate surface area is 100 Å². The molecule has 2 rings (SSSR count). The lowest BCUT2D eigenvalue weighted by molar-refractivity contribution is 0.408. The van der Waals surface area contributed by atoms with Gasteiger partial charge in [0, 0.05) is 18.8 Å².